The molecule has 2 aliphatic heterocycles. The quantitative estimate of drug-likeness (QED) is 0.838. The Morgan fingerprint density at radius 2 is 2.29 bits per heavy atom. The summed E-state index contributed by atoms with van der Waals surface area (Å²) in [4.78, 5) is 4.36. The predicted octanol–water partition coefficient (Wildman–Crippen LogP) is 3.09. The number of hydrogen-bond acceptors (Lipinski definition) is 4. The van der Waals surface area contributed by atoms with Crippen LogP contribution in [0.5, 0.6) is 5.75 Å². The van der Waals surface area contributed by atoms with Gasteiger partial charge in [-0.05, 0) is 50.8 Å². The minimum absolute atomic E-state index is 0.327. The Labute approximate surface area is 127 Å². The molecule has 3 rings (SSSR count). The molecule has 4 unspecified atom stereocenters. The molecule has 0 aliphatic carbocycles. The van der Waals surface area contributed by atoms with Crippen molar-refractivity contribution in [3.05, 3.63) is 24.0 Å². The lowest BCUT2D eigenvalue weighted by Gasteiger charge is -2.29. The van der Waals surface area contributed by atoms with Crippen LogP contribution in [0.25, 0.3) is 0 Å². The molecule has 0 saturated carbocycles. The zero-order chi connectivity index (χ0) is 14.7. The van der Waals surface area contributed by atoms with Gasteiger partial charge in [0.1, 0.15) is 5.75 Å². The van der Waals surface area contributed by atoms with Crippen LogP contribution < -0.4 is 10.1 Å². The summed E-state index contributed by atoms with van der Waals surface area (Å²) < 4.78 is 11.7. The number of aromatic nitrogens is 1. The zero-order valence-corrected chi connectivity index (χ0v) is 13.0. The van der Waals surface area contributed by atoms with Gasteiger partial charge in [0, 0.05) is 18.2 Å². The van der Waals surface area contributed by atoms with Gasteiger partial charge in [0.2, 0.25) is 0 Å². The van der Waals surface area contributed by atoms with Crippen LogP contribution in [0.2, 0.25) is 0 Å². The second-order valence-electron chi connectivity index (χ2n) is 6.09. The van der Waals surface area contributed by atoms with Gasteiger partial charge in [0.15, 0.2) is 0 Å². The molecular formula is C17H26N2O2. The first-order chi connectivity index (χ1) is 10.3. The topological polar surface area (TPSA) is 43.4 Å². The first kappa shape index (κ1) is 14.8. The average molecular weight is 290 g/mol. The lowest BCUT2D eigenvalue weighted by Crippen LogP contribution is -2.34. The molecule has 2 bridgehead atoms. The van der Waals surface area contributed by atoms with Crippen LogP contribution in [0.15, 0.2) is 18.5 Å². The summed E-state index contributed by atoms with van der Waals surface area (Å²) in [7, 11) is 0. The van der Waals surface area contributed by atoms with E-state index in [-0.39, 0.29) is 0 Å². The Bertz CT molecular complexity index is 466. The van der Waals surface area contributed by atoms with Gasteiger partial charge in [-0.1, -0.05) is 6.92 Å². The van der Waals surface area contributed by atoms with E-state index in [0.29, 0.717) is 30.8 Å². The summed E-state index contributed by atoms with van der Waals surface area (Å²) in [5.74, 6) is 1.43. The third kappa shape index (κ3) is 3.22. The molecule has 2 saturated heterocycles. The summed E-state index contributed by atoms with van der Waals surface area (Å²) in [5, 5.41) is 3.71. The molecule has 1 aromatic rings. The van der Waals surface area contributed by atoms with E-state index in [0.717, 1.165) is 18.7 Å². The molecule has 4 heteroatoms. The van der Waals surface area contributed by atoms with E-state index in [4.69, 9.17) is 9.47 Å². The fourth-order valence-corrected chi connectivity index (χ4v) is 3.70. The van der Waals surface area contributed by atoms with Crippen LogP contribution in [-0.2, 0) is 4.74 Å². The van der Waals surface area contributed by atoms with E-state index in [2.05, 4.69) is 23.3 Å². The second kappa shape index (κ2) is 6.75. The van der Waals surface area contributed by atoms with Gasteiger partial charge in [-0.15, -0.1) is 0 Å². The Hall–Kier alpha value is -1.13. The van der Waals surface area contributed by atoms with Gasteiger partial charge in [-0.3, -0.25) is 4.98 Å². The summed E-state index contributed by atoms with van der Waals surface area (Å²) >= 11 is 0. The molecular weight excluding hydrogens is 264 g/mol. The summed E-state index contributed by atoms with van der Waals surface area (Å²) in [5.41, 5.74) is 1.23. The molecule has 21 heavy (non-hydrogen) atoms. The summed E-state index contributed by atoms with van der Waals surface area (Å²) in [6.07, 6.45) is 9.41. The molecule has 0 spiro atoms. The van der Waals surface area contributed by atoms with Crippen LogP contribution >= 0.6 is 0 Å². The molecule has 3 heterocycles. The fourth-order valence-electron chi connectivity index (χ4n) is 3.70. The lowest BCUT2D eigenvalue weighted by molar-refractivity contribution is 0.0856. The van der Waals surface area contributed by atoms with E-state index in [1.807, 2.05) is 13.1 Å². The van der Waals surface area contributed by atoms with Crippen molar-refractivity contribution >= 4 is 0 Å². The molecule has 0 amide bonds. The maximum Gasteiger partial charge on any atom is 0.137 e. The van der Waals surface area contributed by atoms with Gasteiger partial charge in [-0.25, -0.2) is 0 Å². The fraction of sp³-hybridized carbons (Fsp3) is 0.706. The molecule has 1 N–H and O–H groups in total. The lowest BCUT2D eigenvalue weighted by atomic mass is 9.81. The Balaban J connectivity index is 1.79. The molecule has 4 atom stereocenters. The smallest absolute Gasteiger partial charge is 0.137 e. The second-order valence-corrected chi connectivity index (χ2v) is 6.09. The van der Waals surface area contributed by atoms with Crippen molar-refractivity contribution in [3.63, 3.8) is 0 Å². The van der Waals surface area contributed by atoms with Crippen molar-refractivity contribution in [2.75, 3.05) is 13.2 Å². The van der Waals surface area contributed by atoms with Gasteiger partial charge < -0.3 is 14.8 Å². The van der Waals surface area contributed by atoms with Gasteiger partial charge in [0.05, 0.1) is 25.0 Å². The number of pyridine rings is 1. The van der Waals surface area contributed by atoms with Crippen molar-refractivity contribution in [1.29, 1.82) is 0 Å². The largest absolute Gasteiger partial charge is 0.492 e. The van der Waals surface area contributed by atoms with E-state index in [1.54, 1.807) is 6.20 Å². The highest BCUT2D eigenvalue weighted by Gasteiger charge is 2.44. The van der Waals surface area contributed by atoms with Crippen molar-refractivity contribution in [2.24, 2.45) is 5.92 Å². The van der Waals surface area contributed by atoms with Crippen LogP contribution in [0.4, 0.5) is 0 Å². The van der Waals surface area contributed by atoms with Crippen LogP contribution in [0, 0.1) is 5.92 Å². The Morgan fingerprint density at radius 3 is 2.95 bits per heavy atom. The summed E-state index contributed by atoms with van der Waals surface area (Å²) in [6.45, 7) is 5.91. The van der Waals surface area contributed by atoms with Crippen molar-refractivity contribution in [3.8, 4) is 5.75 Å². The molecule has 2 fully saturated rings. The minimum atomic E-state index is 0.327. The third-order valence-electron chi connectivity index (χ3n) is 4.60. The maximum atomic E-state index is 6.05. The highest BCUT2D eigenvalue weighted by molar-refractivity contribution is 5.27. The Kier molecular flexibility index (Phi) is 4.76. The SMILES string of the molecule is CCCNC(c1cncc(OCC)c1)C1CC2CCC1O2. The van der Waals surface area contributed by atoms with Crippen LogP contribution in [-0.4, -0.2) is 30.3 Å². The van der Waals surface area contributed by atoms with Crippen LogP contribution in [0.3, 0.4) is 0 Å². The number of fused-ring (bicyclic) bond motifs is 2. The van der Waals surface area contributed by atoms with Gasteiger partial charge >= 0.3 is 0 Å². The highest BCUT2D eigenvalue weighted by atomic mass is 16.5. The van der Waals surface area contributed by atoms with Crippen LogP contribution in [0.1, 0.15) is 51.1 Å². The number of hydrogen-bond donors (Lipinski definition) is 1. The molecule has 1 aromatic heterocycles. The van der Waals surface area contributed by atoms with Crippen molar-refractivity contribution in [2.45, 2.75) is 57.8 Å². The zero-order valence-electron chi connectivity index (χ0n) is 13.0. The predicted molar refractivity (Wildman–Crippen MR) is 82.4 cm³/mol. The maximum absolute atomic E-state index is 6.05. The first-order valence-electron chi connectivity index (χ1n) is 8.28. The van der Waals surface area contributed by atoms with Gasteiger partial charge in [-0.2, -0.15) is 0 Å². The molecule has 0 aromatic carbocycles. The number of nitrogens with zero attached hydrogens (tertiary/aromatic N) is 1. The first-order valence-corrected chi connectivity index (χ1v) is 8.28. The highest BCUT2D eigenvalue weighted by Crippen LogP contribution is 2.44. The molecule has 0 radical (unpaired) electrons. The standard InChI is InChI=1S/C17H26N2O2/c1-3-7-19-17(15-9-13-5-6-16(15)21-13)12-8-14(20-4-2)11-18-10-12/h8,10-11,13,15-17,19H,3-7,9H2,1-2H3. The summed E-state index contributed by atoms with van der Waals surface area (Å²) in [6, 6.07) is 2.46. The molecule has 116 valence electrons. The normalized spacial score (nSPS) is 28.8. The minimum Gasteiger partial charge on any atom is -0.492 e. The van der Waals surface area contributed by atoms with E-state index in [9.17, 15) is 0 Å². The third-order valence-corrected chi connectivity index (χ3v) is 4.60. The number of ether oxygens (including phenoxy) is 2. The van der Waals surface area contributed by atoms with Gasteiger partial charge in [0.25, 0.3) is 0 Å². The van der Waals surface area contributed by atoms with E-state index in [1.165, 1.54) is 24.8 Å². The van der Waals surface area contributed by atoms with E-state index < -0.39 is 0 Å². The van der Waals surface area contributed by atoms with Crippen molar-refractivity contribution in [1.82, 2.24) is 10.3 Å². The van der Waals surface area contributed by atoms with Crippen molar-refractivity contribution < 1.29 is 9.47 Å². The Morgan fingerprint density at radius 1 is 1.38 bits per heavy atom. The monoisotopic (exact) mass is 290 g/mol. The molecule has 4 nitrogen and oxygen atoms in total. The average Bonchev–Trinajstić information content (AvgIpc) is 3.11. The van der Waals surface area contributed by atoms with E-state index >= 15 is 0 Å². The number of rotatable bonds is 7. The molecule has 2 aliphatic rings. The number of nitrogens with one attached hydrogen (secondary N) is 1.